The van der Waals surface area contributed by atoms with E-state index in [2.05, 4.69) is 31.0 Å². The predicted octanol–water partition coefficient (Wildman–Crippen LogP) is 3.87. The molecule has 4 rings (SSSR count). The minimum Gasteiger partial charge on any atom is -0.352 e. The maximum atomic E-state index is 12.6. The first-order chi connectivity index (χ1) is 13.2. The second kappa shape index (κ2) is 7.88. The van der Waals surface area contributed by atoms with Gasteiger partial charge in [0.2, 0.25) is 0 Å². The van der Waals surface area contributed by atoms with Gasteiger partial charge in [-0.25, -0.2) is 0 Å². The Morgan fingerprint density at radius 3 is 2.15 bits per heavy atom. The highest BCUT2D eigenvalue weighted by atomic mass is 79.9. The lowest BCUT2D eigenvalue weighted by atomic mass is 10.1. The van der Waals surface area contributed by atoms with Crippen molar-refractivity contribution in [2.75, 3.05) is 31.1 Å². The number of piperazine rings is 1. The molecule has 0 unspecified atom stereocenters. The molecule has 2 heterocycles. The summed E-state index contributed by atoms with van der Waals surface area (Å²) >= 11 is 3.40. The van der Waals surface area contributed by atoms with Gasteiger partial charge in [-0.05, 0) is 36.4 Å². The molecule has 27 heavy (non-hydrogen) atoms. The molecule has 0 N–H and O–H groups in total. The number of aromatic nitrogens is 2. The highest BCUT2D eigenvalue weighted by Crippen LogP contribution is 2.20. The number of carbonyl (C=O) groups is 1. The van der Waals surface area contributed by atoms with Crippen LogP contribution in [0.2, 0.25) is 0 Å². The van der Waals surface area contributed by atoms with Crippen LogP contribution < -0.4 is 4.90 Å². The molecule has 6 heteroatoms. The summed E-state index contributed by atoms with van der Waals surface area (Å²) in [6.45, 7) is 2.86. The lowest BCUT2D eigenvalue weighted by Gasteiger charge is -2.35. The van der Waals surface area contributed by atoms with Crippen LogP contribution in [0.15, 0.2) is 71.2 Å². The van der Waals surface area contributed by atoms with Crippen LogP contribution >= 0.6 is 15.9 Å². The van der Waals surface area contributed by atoms with Crippen LogP contribution in [0.4, 0.5) is 5.82 Å². The van der Waals surface area contributed by atoms with E-state index < -0.39 is 0 Å². The highest BCUT2D eigenvalue weighted by Gasteiger charge is 2.23. The molecule has 1 fully saturated rings. The Kier molecular flexibility index (Phi) is 5.16. The van der Waals surface area contributed by atoms with E-state index in [0.717, 1.165) is 40.2 Å². The minimum atomic E-state index is 0.0765. The number of anilines is 1. The van der Waals surface area contributed by atoms with Crippen LogP contribution in [-0.2, 0) is 0 Å². The van der Waals surface area contributed by atoms with Crippen LogP contribution in [0, 0.1) is 0 Å². The first kappa shape index (κ1) is 17.7. The number of hydrogen-bond acceptors (Lipinski definition) is 4. The molecule has 1 aliphatic rings. The number of benzene rings is 2. The average Bonchev–Trinajstić information content (AvgIpc) is 2.75. The standard InChI is InChI=1S/C21H19BrN4O/c22-18-8-6-17(7-9-18)21(27)26-14-12-25(13-15-26)20-11-10-19(23-24-20)16-4-2-1-3-5-16/h1-11H,12-15H2. The summed E-state index contributed by atoms with van der Waals surface area (Å²) in [6, 6.07) is 21.5. The average molecular weight is 423 g/mol. The van der Waals surface area contributed by atoms with Crippen molar-refractivity contribution in [2.45, 2.75) is 0 Å². The third-order valence-electron chi connectivity index (χ3n) is 4.70. The maximum absolute atomic E-state index is 12.6. The fourth-order valence-electron chi connectivity index (χ4n) is 3.17. The fourth-order valence-corrected chi connectivity index (χ4v) is 3.43. The van der Waals surface area contributed by atoms with E-state index in [1.54, 1.807) is 0 Å². The van der Waals surface area contributed by atoms with E-state index in [4.69, 9.17) is 0 Å². The summed E-state index contributed by atoms with van der Waals surface area (Å²) in [4.78, 5) is 16.7. The van der Waals surface area contributed by atoms with Crippen molar-refractivity contribution < 1.29 is 4.79 Å². The molecule has 1 aromatic heterocycles. The van der Waals surface area contributed by atoms with Crippen molar-refractivity contribution in [3.63, 3.8) is 0 Å². The summed E-state index contributed by atoms with van der Waals surface area (Å²) < 4.78 is 0.974. The topological polar surface area (TPSA) is 49.3 Å². The van der Waals surface area contributed by atoms with Gasteiger partial charge in [0.05, 0.1) is 5.69 Å². The number of amides is 1. The van der Waals surface area contributed by atoms with Gasteiger partial charge in [0.25, 0.3) is 5.91 Å². The zero-order valence-electron chi connectivity index (χ0n) is 14.8. The second-order valence-corrected chi connectivity index (χ2v) is 7.34. The summed E-state index contributed by atoms with van der Waals surface area (Å²) in [5, 5.41) is 8.74. The monoisotopic (exact) mass is 422 g/mol. The molecular formula is C21H19BrN4O. The Hall–Kier alpha value is -2.73. The van der Waals surface area contributed by atoms with E-state index in [0.29, 0.717) is 13.1 Å². The molecule has 3 aromatic rings. The molecule has 1 saturated heterocycles. The lowest BCUT2D eigenvalue weighted by Crippen LogP contribution is -2.49. The van der Waals surface area contributed by atoms with Crippen LogP contribution in [-0.4, -0.2) is 47.2 Å². The largest absolute Gasteiger partial charge is 0.352 e. The van der Waals surface area contributed by atoms with Gasteiger partial charge in [-0.2, -0.15) is 0 Å². The Labute approximate surface area is 166 Å². The first-order valence-corrected chi connectivity index (χ1v) is 9.69. The van der Waals surface area contributed by atoms with Crippen LogP contribution in [0.25, 0.3) is 11.3 Å². The van der Waals surface area contributed by atoms with Crippen LogP contribution in [0.5, 0.6) is 0 Å². The van der Waals surface area contributed by atoms with Gasteiger partial charge in [0.15, 0.2) is 5.82 Å². The number of hydrogen-bond donors (Lipinski definition) is 0. The van der Waals surface area contributed by atoms with Gasteiger partial charge < -0.3 is 9.80 Å². The summed E-state index contributed by atoms with van der Waals surface area (Å²) in [7, 11) is 0. The Bertz CT molecular complexity index is 905. The Morgan fingerprint density at radius 2 is 1.52 bits per heavy atom. The second-order valence-electron chi connectivity index (χ2n) is 6.43. The molecule has 0 spiro atoms. The third-order valence-corrected chi connectivity index (χ3v) is 5.23. The number of halogens is 1. The molecule has 0 radical (unpaired) electrons. The number of carbonyl (C=O) groups excluding carboxylic acids is 1. The van der Waals surface area contributed by atoms with E-state index >= 15 is 0 Å². The van der Waals surface area contributed by atoms with Crippen molar-refractivity contribution >= 4 is 27.7 Å². The van der Waals surface area contributed by atoms with Gasteiger partial charge >= 0.3 is 0 Å². The summed E-state index contributed by atoms with van der Waals surface area (Å²) in [5.41, 5.74) is 2.64. The van der Waals surface area contributed by atoms with Gasteiger partial charge in [-0.1, -0.05) is 46.3 Å². The molecule has 2 aromatic carbocycles. The molecular weight excluding hydrogens is 404 g/mol. The van der Waals surface area contributed by atoms with E-state index in [1.807, 2.05) is 71.6 Å². The lowest BCUT2D eigenvalue weighted by molar-refractivity contribution is 0.0746. The molecule has 1 aliphatic heterocycles. The SMILES string of the molecule is O=C(c1ccc(Br)cc1)N1CCN(c2ccc(-c3ccccc3)nn2)CC1. The zero-order chi connectivity index (χ0) is 18.6. The van der Waals surface area contributed by atoms with Crippen molar-refractivity contribution in [2.24, 2.45) is 0 Å². The highest BCUT2D eigenvalue weighted by molar-refractivity contribution is 9.10. The number of nitrogens with zero attached hydrogens (tertiary/aromatic N) is 4. The van der Waals surface area contributed by atoms with Gasteiger partial charge in [-0.15, -0.1) is 10.2 Å². The first-order valence-electron chi connectivity index (χ1n) is 8.90. The zero-order valence-corrected chi connectivity index (χ0v) is 16.3. The van der Waals surface area contributed by atoms with Crippen LogP contribution in [0.3, 0.4) is 0 Å². The van der Waals surface area contributed by atoms with Gasteiger partial charge in [-0.3, -0.25) is 4.79 Å². The maximum Gasteiger partial charge on any atom is 0.253 e. The predicted molar refractivity (Wildman–Crippen MR) is 110 cm³/mol. The van der Waals surface area contributed by atoms with Crippen molar-refractivity contribution in [3.8, 4) is 11.3 Å². The quantitative estimate of drug-likeness (QED) is 0.642. The van der Waals surface area contributed by atoms with Crippen molar-refractivity contribution in [3.05, 3.63) is 76.8 Å². The summed E-state index contributed by atoms with van der Waals surface area (Å²) in [6.07, 6.45) is 0. The smallest absolute Gasteiger partial charge is 0.253 e. The molecule has 136 valence electrons. The van der Waals surface area contributed by atoms with Crippen LogP contribution in [0.1, 0.15) is 10.4 Å². The molecule has 0 saturated carbocycles. The van der Waals surface area contributed by atoms with Gasteiger partial charge in [0, 0.05) is 41.8 Å². The summed E-state index contributed by atoms with van der Waals surface area (Å²) in [5.74, 6) is 0.929. The van der Waals surface area contributed by atoms with Crippen molar-refractivity contribution in [1.82, 2.24) is 15.1 Å². The van der Waals surface area contributed by atoms with Crippen molar-refractivity contribution in [1.29, 1.82) is 0 Å². The molecule has 5 nitrogen and oxygen atoms in total. The minimum absolute atomic E-state index is 0.0765. The Balaban J connectivity index is 1.39. The Morgan fingerprint density at radius 1 is 0.815 bits per heavy atom. The normalized spacial score (nSPS) is 14.3. The molecule has 0 atom stereocenters. The fraction of sp³-hybridized carbons (Fsp3) is 0.190. The third kappa shape index (κ3) is 4.01. The molecule has 1 amide bonds. The molecule has 0 bridgehead atoms. The van der Waals surface area contributed by atoms with E-state index in [1.165, 1.54) is 0 Å². The van der Waals surface area contributed by atoms with E-state index in [-0.39, 0.29) is 5.91 Å². The molecule has 0 aliphatic carbocycles. The van der Waals surface area contributed by atoms with Gasteiger partial charge in [0.1, 0.15) is 0 Å². The van der Waals surface area contributed by atoms with E-state index in [9.17, 15) is 4.79 Å². The number of rotatable bonds is 3.